The quantitative estimate of drug-likeness (QED) is 0.876. The Hall–Kier alpha value is -1.36. The smallest absolute Gasteiger partial charge is 0.230 e. The predicted octanol–water partition coefficient (Wildman–Crippen LogP) is 2.46. The van der Waals surface area contributed by atoms with Gasteiger partial charge in [-0.05, 0) is 12.0 Å². The SMILES string of the molecule is CC(C)CNC(=O)CSCc1cccc2c1OCCO2. The standard InChI is InChI=1S/C15H21NO3S/c1-11(2)8-16-14(17)10-20-9-12-4-3-5-13-15(12)19-7-6-18-13/h3-5,11H,6-10H2,1-2H3,(H,16,17). The summed E-state index contributed by atoms with van der Waals surface area (Å²) in [4.78, 5) is 11.6. The topological polar surface area (TPSA) is 47.6 Å². The molecule has 0 saturated carbocycles. The molecule has 0 radical (unpaired) electrons. The molecule has 1 heterocycles. The summed E-state index contributed by atoms with van der Waals surface area (Å²) in [5.41, 5.74) is 1.09. The van der Waals surface area contributed by atoms with E-state index >= 15 is 0 Å². The zero-order valence-electron chi connectivity index (χ0n) is 12.0. The average Bonchev–Trinajstić information content (AvgIpc) is 2.45. The van der Waals surface area contributed by atoms with Gasteiger partial charge >= 0.3 is 0 Å². The van der Waals surface area contributed by atoms with Crippen LogP contribution in [-0.2, 0) is 10.5 Å². The van der Waals surface area contributed by atoms with Gasteiger partial charge in [-0.3, -0.25) is 4.79 Å². The lowest BCUT2D eigenvalue weighted by Crippen LogP contribution is -2.28. The van der Waals surface area contributed by atoms with Crippen molar-refractivity contribution in [1.29, 1.82) is 0 Å². The van der Waals surface area contributed by atoms with E-state index in [9.17, 15) is 4.79 Å². The van der Waals surface area contributed by atoms with E-state index in [1.807, 2.05) is 18.2 Å². The Morgan fingerprint density at radius 1 is 1.35 bits per heavy atom. The van der Waals surface area contributed by atoms with Gasteiger partial charge in [0.15, 0.2) is 11.5 Å². The first-order valence-corrected chi connectivity index (χ1v) is 8.04. The number of thioether (sulfide) groups is 1. The van der Waals surface area contributed by atoms with Crippen LogP contribution in [0.15, 0.2) is 18.2 Å². The molecule has 1 aromatic carbocycles. The molecule has 0 aliphatic carbocycles. The zero-order chi connectivity index (χ0) is 14.4. The Labute approximate surface area is 124 Å². The highest BCUT2D eigenvalue weighted by atomic mass is 32.2. The Balaban J connectivity index is 1.81. The maximum Gasteiger partial charge on any atom is 0.230 e. The molecule has 0 atom stereocenters. The first-order valence-electron chi connectivity index (χ1n) is 6.88. The highest BCUT2D eigenvalue weighted by Gasteiger charge is 2.15. The second kappa shape index (κ2) is 7.43. The number of nitrogens with one attached hydrogen (secondary N) is 1. The molecule has 1 aromatic rings. The Morgan fingerprint density at radius 2 is 2.15 bits per heavy atom. The van der Waals surface area contributed by atoms with Crippen LogP contribution in [0.2, 0.25) is 0 Å². The zero-order valence-corrected chi connectivity index (χ0v) is 12.8. The van der Waals surface area contributed by atoms with Gasteiger partial charge in [0.2, 0.25) is 5.91 Å². The van der Waals surface area contributed by atoms with Gasteiger partial charge < -0.3 is 14.8 Å². The first-order chi connectivity index (χ1) is 9.66. The van der Waals surface area contributed by atoms with E-state index in [1.54, 1.807) is 11.8 Å². The molecule has 0 spiro atoms. The Bertz CT molecular complexity index is 462. The number of carbonyl (C=O) groups is 1. The molecule has 0 unspecified atom stereocenters. The number of fused-ring (bicyclic) bond motifs is 1. The van der Waals surface area contributed by atoms with Gasteiger partial charge in [0.1, 0.15) is 13.2 Å². The van der Waals surface area contributed by atoms with Crippen molar-refractivity contribution >= 4 is 17.7 Å². The number of carbonyl (C=O) groups excluding carboxylic acids is 1. The van der Waals surface area contributed by atoms with Crippen LogP contribution < -0.4 is 14.8 Å². The van der Waals surface area contributed by atoms with Crippen LogP contribution in [0.4, 0.5) is 0 Å². The van der Waals surface area contributed by atoms with Crippen molar-refractivity contribution < 1.29 is 14.3 Å². The normalized spacial score (nSPS) is 13.3. The van der Waals surface area contributed by atoms with E-state index in [0.29, 0.717) is 24.9 Å². The largest absolute Gasteiger partial charge is 0.486 e. The molecular formula is C15H21NO3S. The van der Waals surface area contributed by atoms with E-state index < -0.39 is 0 Å². The van der Waals surface area contributed by atoms with Crippen molar-refractivity contribution in [1.82, 2.24) is 5.32 Å². The molecule has 1 N–H and O–H groups in total. The molecule has 20 heavy (non-hydrogen) atoms. The molecule has 4 nitrogen and oxygen atoms in total. The Kier molecular flexibility index (Phi) is 5.59. The van der Waals surface area contributed by atoms with Gasteiger partial charge in [-0.25, -0.2) is 0 Å². The summed E-state index contributed by atoms with van der Waals surface area (Å²) in [6.45, 7) is 6.09. The lowest BCUT2D eigenvalue weighted by Gasteiger charge is -2.20. The molecule has 0 saturated heterocycles. The average molecular weight is 295 g/mol. The number of hydrogen-bond donors (Lipinski definition) is 1. The van der Waals surface area contributed by atoms with Gasteiger partial charge in [-0.2, -0.15) is 0 Å². The molecule has 5 heteroatoms. The molecule has 1 aliphatic heterocycles. The first kappa shape index (κ1) is 15.0. The monoisotopic (exact) mass is 295 g/mol. The van der Waals surface area contributed by atoms with Gasteiger partial charge in [0.05, 0.1) is 5.75 Å². The maximum atomic E-state index is 11.6. The van der Waals surface area contributed by atoms with E-state index in [0.717, 1.165) is 29.4 Å². The van der Waals surface area contributed by atoms with Crippen molar-refractivity contribution in [2.45, 2.75) is 19.6 Å². The summed E-state index contributed by atoms with van der Waals surface area (Å²) in [7, 11) is 0. The lowest BCUT2D eigenvalue weighted by molar-refractivity contribution is -0.118. The van der Waals surface area contributed by atoms with Crippen LogP contribution in [0.25, 0.3) is 0 Å². The number of amides is 1. The number of benzene rings is 1. The summed E-state index contributed by atoms with van der Waals surface area (Å²) < 4.78 is 11.2. The summed E-state index contributed by atoms with van der Waals surface area (Å²) in [5, 5.41) is 2.91. The minimum Gasteiger partial charge on any atom is -0.486 e. The van der Waals surface area contributed by atoms with E-state index in [4.69, 9.17) is 9.47 Å². The van der Waals surface area contributed by atoms with Crippen molar-refractivity contribution in [3.05, 3.63) is 23.8 Å². The molecule has 1 amide bonds. The van der Waals surface area contributed by atoms with Crippen LogP contribution in [-0.4, -0.2) is 31.4 Å². The third-order valence-electron chi connectivity index (χ3n) is 2.85. The van der Waals surface area contributed by atoms with Crippen molar-refractivity contribution in [2.24, 2.45) is 5.92 Å². The van der Waals surface area contributed by atoms with Crippen LogP contribution in [0, 0.1) is 5.92 Å². The van der Waals surface area contributed by atoms with Gasteiger partial charge in [0.25, 0.3) is 0 Å². The highest BCUT2D eigenvalue weighted by molar-refractivity contribution is 7.99. The van der Waals surface area contributed by atoms with Crippen LogP contribution in [0.3, 0.4) is 0 Å². The minimum atomic E-state index is 0.0886. The maximum absolute atomic E-state index is 11.6. The molecule has 0 bridgehead atoms. The summed E-state index contributed by atoms with van der Waals surface area (Å²) in [6.07, 6.45) is 0. The summed E-state index contributed by atoms with van der Waals surface area (Å²) >= 11 is 1.59. The minimum absolute atomic E-state index is 0.0886. The molecule has 1 aliphatic rings. The Morgan fingerprint density at radius 3 is 2.95 bits per heavy atom. The van der Waals surface area contributed by atoms with Gasteiger partial charge in [-0.15, -0.1) is 11.8 Å². The molecule has 2 rings (SSSR count). The van der Waals surface area contributed by atoms with E-state index in [2.05, 4.69) is 19.2 Å². The van der Waals surface area contributed by atoms with Gasteiger partial charge in [-0.1, -0.05) is 26.0 Å². The fourth-order valence-corrected chi connectivity index (χ4v) is 2.71. The lowest BCUT2D eigenvalue weighted by atomic mass is 10.2. The number of hydrogen-bond acceptors (Lipinski definition) is 4. The predicted molar refractivity (Wildman–Crippen MR) is 81.4 cm³/mol. The number of ether oxygens (including phenoxy) is 2. The number of rotatable bonds is 6. The summed E-state index contributed by atoms with van der Waals surface area (Å²) in [5.74, 6) is 3.42. The van der Waals surface area contributed by atoms with Crippen LogP contribution in [0.5, 0.6) is 11.5 Å². The third-order valence-corrected chi connectivity index (χ3v) is 3.83. The second-order valence-corrected chi connectivity index (χ2v) is 6.12. The fraction of sp³-hybridized carbons (Fsp3) is 0.533. The second-order valence-electron chi connectivity index (χ2n) is 5.13. The molecule has 110 valence electrons. The van der Waals surface area contributed by atoms with Crippen molar-refractivity contribution in [3.63, 3.8) is 0 Å². The summed E-state index contributed by atoms with van der Waals surface area (Å²) in [6, 6.07) is 5.90. The third kappa shape index (κ3) is 4.34. The number of para-hydroxylation sites is 1. The van der Waals surface area contributed by atoms with Crippen LogP contribution in [0.1, 0.15) is 19.4 Å². The van der Waals surface area contributed by atoms with Crippen molar-refractivity contribution in [2.75, 3.05) is 25.5 Å². The molecular weight excluding hydrogens is 274 g/mol. The highest BCUT2D eigenvalue weighted by Crippen LogP contribution is 2.35. The molecule has 0 aromatic heterocycles. The molecule has 0 fully saturated rings. The van der Waals surface area contributed by atoms with Crippen LogP contribution >= 0.6 is 11.8 Å². The van der Waals surface area contributed by atoms with E-state index in [1.165, 1.54) is 0 Å². The van der Waals surface area contributed by atoms with E-state index in [-0.39, 0.29) is 5.91 Å². The van der Waals surface area contributed by atoms with Gasteiger partial charge in [0, 0.05) is 17.9 Å². The van der Waals surface area contributed by atoms with Crippen molar-refractivity contribution in [3.8, 4) is 11.5 Å². The fourth-order valence-electron chi connectivity index (χ4n) is 1.87.